The molecule has 1 saturated heterocycles. The van der Waals surface area contributed by atoms with Crippen molar-refractivity contribution in [2.75, 3.05) is 19.6 Å². The van der Waals surface area contributed by atoms with E-state index in [1.165, 1.54) is 10.9 Å². The van der Waals surface area contributed by atoms with Crippen molar-refractivity contribution in [1.82, 2.24) is 14.8 Å². The van der Waals surface area contributed by atoms with Crippen LogP contribution in [0.4, 0.5) is 4.79 Å². The fourth-order valence-electron chi connectivity index (χ4n) is 3.99. The van der Waals surface area contributed by atoms with Gasteiger partial charge in [0.15, 0.2) is 0 Å². The molecule has 1 aromatic carbocycles. The molecular formula is C24H35N3O2. The molecule has 0 N–H and O–H groups in total. The Morgan fingerprint density at radius 2 is 1.93 bits per heavy atom. The van der Waals surface area contributed by atoms with Crippen molar-refractivity contribution in [2.45, 2.75) is 65.6 Å². The lowest BCUT2D eigenvalue weighted by Gasteiger charge is -2.39. The zero-order valence-electron chi connectivity index (χ0n) is 18.5. The SMILES string of the molecule is CC(C)CN(Cc1cnc2ccccc2c1)C1CCN(C(=O)OC(C)(C)C)CC1. The summed E-state index contributed by atoms with van der Waals surface area (Å²) in [6.07, 6.45) is 3.77. The van der Waals surface area contributed by atoms with Crippen molar-refractivity contribution in [3.8, 4) is 0 Å². The van der Waals surface area contributed by atoms with Crippen molar-refractivity contribution < 1.29 is 9.53 Å². The van der Waals surface area contributed by atoms with Crippen molar-refractivity contribution in [1.29, 1.82) is 0 Å². The highest BCUT2D eigenvalue weighted by Gasteiger charge is 2.29. The van der Waals surface area contributed by atoms with Crippen LogP contribution in [0.5, 0.6) is 0 Å². The Labute approximate surface area is 175 Å². The number of ether oxygens (including phenoxy) is 1. The standard InChI is InChI=1S/C24H35N3O2/c1-18(2)16-27(17-19-14-20-8-6-7-9-22(20)25-15-19)21-10-12-26(13-11-21)23(28)29-24(3,4)5/h6-9,14-15,18,21H,10-13,16-17H2,1-5H3. The lowest BCUT2D eigenvalue weighted by atomic mass is 10.0. The molecule has 0 radical (unpaired) electrons. The molecule has 2 aromatic rings. The number of fused-ring (bicyclic) bond motifs is 1. The number of carbonyl (C=O) groups is 1. The summed E-state index contributed by atoms with van der Waals surface area (Å²) >= 11 is 0. The molecule has 3 rings (SSSR count). The average molecular weight is 398 g/mol. The molecule has 5 nitrogen and oxygen atoms in total. The molecule has 0 saturated carbocycles. The minimum absolute atomic E-state index is 0.190. The fraction of sp³-hybridized carbons (Fsp3) is 0.583. The number of likely N-dealkylation sites (tertiary alicyclic amines) is 1. The van der Waals surface area contributed by atoms with E-state index in [-0.39, 0.29) is 6.09 Å². The summed E-state index contributed by atoms with van der Waals surface area (Å²) in [5.41, 5.74) is 1.84. The predicted octanol–water partition coefficient (Wildman–Crippen LogP) is 5.09. The Morgan fingerprint density at radius 3 is 2.59 bits per heavy atom. The lowest BCUT2D eigenvalue weighted by molar-refractivity contribution is 0.0129. The minimum atomic E-state index is -0.444. The summed E-state index contributed by atoms with van der Waals surface area (Å²) < 4.78 is 5.54. The maximum absolute atomic E-state index is 12.4. The summed E-state index contributed by atoms with van der Waals surface area (Å²) in [5, 5.41) is 1.19. The van der Waals surface area contributed by atoms with Gasteiger partial charge in [-0.1, -0.05) is 32.0 Å². The molecule has 158 valence electrons. The topological polar surface area (TPSA) is 45.7 Å². The van der Waals surface area contributed by atoms with Crippen LogP contribution in [-0.2, 0) is 11.3 Å². The van der Waals surface area contributed by atoms with Crippen molar-refractivity contribution >= 4 is 17.0 Å². The predicted molar refractivity (Wildman–Crippen MR) is 118 cm³/mol. The Kier molecular flexibility index (Phi) is 6.78. The summed E-state index contributed by atoms with van der Waals surface area (Å²) in [6.45, 7) is 13.7. The van der Waals surface area contributed by atoms with Crippen molar-refractivity contribution in [3.63, 3.8) is 0 Å². The first-order valence-electron chi connectivity index (χ1n) is 10.8. The number of aromatic nitrogens is 1. The Balaban J connectivity index is 1.65. The number of para-hydroxylation sites is 1. The molecule has 1 aromatic heterocycles. The van der Waals surface area contributed by atoms with E-state index in [1.807, 2.05) is 37.9 Å². The Bertz CT molecular complexity index is 820. The van der Waals surface area contributed by atoms with Gasteiger partial charge in [-0.25, -0.2) is 4.79 Å². The first-order valence-corrected chi connectivity index (χ1v) is 10.8. The zero-order valence-corrected chi connectivity index (χ0v) is 18.5. The summed E-state index contributed by atoms with van der Waals surface area (Å²) in [7, 11) is 0. The van der Waals surface area contributed by atoms with E-state index in [0.29, 0.717) is 12.0 Å². The van der Waals surface area contributed by atoms with E-state index in [1.54, 1.807) is 0 Å². The molecule has 0 spiro atoms. The number of hydrogen-bond donors (Lipinski definition) is 0. The van der Waals surface area contributed by atoms with Crippen LogP contribution in [-0.4, -0.2) is 52.2 Å². The first kappa shape index (κ1) is 21.6. The van der Waals surface area contributed by atoms with Crippen LogP contribution in [0.3, 0.4) is 0 Å². The van der Waals surface area contributed by atoms with E-state index in [2.05, 4.69) is 48.0 Å². The normalized spacial score (nSPS) is 16.0. The van der Waals surface area contributed by atoms with Gasteiger partial charge in [-0.3, -0.25) is 9.88 Å². The van der Waals surface area contributed by atoms with Gasteiger partial charge >= 0.3 is 6.09 Å². The van der Waals surface area contributed by atoms with Gasteiger partial charge in [-0.05, 0) is 57.2 Å². The van der Waals surface area contributed by atoms with Crippen LogP contribution in [0.25, 0.3) is 10.9 Å². The Hall–Kier alpha value is -2.14. The van der Waals surface area contributed by atoms with Crippen LogP contribution in [0.15, 0.2) is 36.5 Å². The van der Waals surface area contributed by atoms with Crippen LogP contribution in [0.1, 0.15) is 53.0 Å². The summed E-state index contributed by atoms with van der Waals surface area (Å²) in [5.74, 6) is 0.590. The van der Waals surface area contributed by atoms with Crippen LogP contribution in [0, 0.1) is 5.92 Å². The number of benzene rings is 1. The van der Waals surface area contributed by atoms with E-state index >= 15 is 0 Å². The van der Waals surface area contributed by atoms with Gasteiger partial charge in [0.05, 0.1) is 5.52 Å². The van der Waals surface area contributed by atoms with E-state index in [9.17, 15) is 4.79 Å². The third-order valence-corrected chi connectivity index (χ3v) is 5.27. The molecule has 1 aliphatic heterocycles. The maximum Gasteiger partial charge on any atom is 0.410 e. The van der Waals surface area contributed by atoms with E-state index in [0.717, 1.165) is 44.5 Å². The molecule has 1 fully saturated rings. The number of hydrogen-bond acceptors (Lipinski definition) is 4. The molecule has 0 unspecified atom stereocenters. The molecule has 29 heavy (non-hydrogen) atoms. The highest BCUT2D eigenvalue weighted by Crippen LogP contribution is 2.23. The minimum Gasteiger partial charge on any atom is -0.444 e. The number of amides is 1. The van der Waals surface area contributed by atoms with Gasteiger partial charge in [0.25, 0.3) is 0 Å². The molecule has 0 atom stereocenters. The second-order valence-electron chi connectivity index (χ2n) is 9.56. The lowest BCUT2D eigenvalue weighted by Crippen LogP contribution is -2.48. The van der Waals surface area contributed by atoms with Crippen LogP contribution >= 0.6 is 0 Å². The molecule has 0 bridgehead atoms. The van der Waals surface area contributed by atoms with E-state index in [4.69, 9.17) is 4.74 Å². The Morgan fingerprint density at radius 1 is 1.24 bits per heavy atom. The third kappa shape index (κ3) is 6.17. The average Bonchev–Trinajstić information content (AvgIpc) is 2.66. The third-order valence-electron chi connectivity index (χ3n) is 5.27. The second-order valence-corrected chi connectivity index (χ2v) is 9.56. The smallest absolute Gasteiger partial charge is 0.410 e. The van der Waals surface area contributed by atoms with Gasteiger partial charge in [0, 0.05) is 43.8 Å². The first-order chi connectivity index (χ1) is 13.7. The highest BCUT2D eigenvalue weighted by atomic mass is 16.6. The largest absolute Gasteiger partial charge is 0.444 e. The highest BCUT2D eigenvalue weighted by molar-refractivity contribution is 5.78. The van der Waals surface area contributed by atoms with Crippen LogP contribution < -0.4 is 0 Å². The van der Waals surface area contributed by atoms with Gasteiger partial charge in [-0.2, -0.15) is 0 Å². The number of carbonyl (C=O) groups excluding carboxylic acids is 1. The molecule has 5 heteroatoms. The van der Waals surface area contributed by atoms with Crippen LogP contribution in [0.2, 0.25) is 0 Å². The fourth-order valence-corrected chi connectivity index (χ4v) is 3.99. The molecule has 1 aliphatic rings. The second kappa shape index (κ2) is 9.12. The molecule has 1 amide bonds. The van der Waals surface area contributed by atoms with Gasteiger partial charge in [-0.15, -0.1) is 0 Å². The molecule has 0 aliphatic carbocycles. The monoisotopic (exact) mass is 397 g/mol. The maximum atomic E-state index is 12.4. The number of rotatable bonds is 5. The van der Waals surface area contributed by atoms with E-state index < -0.39 is 5.60 Å². The van der Waals surface area contributed by atoms with Gasteiger partial charge < -0.3 is 9.64 Å². The van der Waals surface area contributed by atoms with Gasteiger partial charge in [0.2, 0.25) is 0 Å². The summed E-state index contributed by atoms with van der Waals surface area (Å²) in [4.78, 5) is 21.4. The molecular weight excluding hydrogens is 362 g/mol. The molecule has 2 heterocycles. The van der Waals surface area contributed by atoms with Gasteiger partial charge in [0.1, 0.15) is 5.60 Å². The quantitative estimate of drug-likeness (QED) is 0.705. The number of piperidine rings is 1. The number of nitrogens with zero attached hydrogens (tertiary/aromatic N) is 3. The van der Waals surface area contributed by atoms with Crippen molar-refractivity contribution in [3.05, 3.63) is 42.1 Å². The van der Waals surface area contributed by atoms with Crippen molar-refractivity contribution in [2.24, 2.45) is 5.92 Å². The zero-order chi connectivity index (χ0) is 21.0. The summed E-state index contributed by atoms with van der Waals surface area (Å²) in [6, 6.07) is 11.0. The number of pyridine rings is 1.